The van der Waals surface area contributed by atoms with Crippen LogP contribution in [-0.4, -0.2) is 70.9 Å². The Balaban J connectivity index is 1.21. The van der Waals surface area contributed by atoms with Gasteiger partial charge in [0.25, 0.3) is 5.56 Å². The maximum absolute atomic E-state index is 12.7. The van der Waals surface area contributed by atoms with Crippen LogP contribution in [-0.2, 0) is 9.53 Å². The third-order valence-corrected chi connectivity index (χ3v) is 5.91. The first kappa shape index (κ1) is 22.0. The highest BCUT2D eigenvalue weighted by Gasteiger charge is 2.31. The van der Waals surface area contributed by atoms with Gasteiger partial charge >= 0.3 is 0 Å². The summed E-state index contributed by atoms with van der Waals surface area (Å²) in [6, 6.07) is 2.29. The minimum Gasteiger partial charge on any atom is -0.379 e. The van der Waals surface area contributed by atoms with Crippen LogP contribution in [0.3, 0.4) is 0 Å². The number of aromatic amines is 1. The van der Waals surface area contributed by atoms with Gasteiger partial charge in [0.15, 0.2) is 0 Å². The molecule has 0 aromatic carbocycles. The van der Waals surface area contributed by atoms with Crippen molar-refractivity contribution in [2.45, 2.75) is 39.3 Å². The summed E-state index contributed by atoms with van der Waals surface area (Å²) in [5, 5.41) is 9.44. The number of fused-ring (bicyclic) bond motifs is 3. The smallest absolute Gasteiger partial charge is 0.269 e. The van der Waals surface area contributed by atoms with Crippen LogP contribution in [0.4, 0.5) is 11.5 Å². The topological polar surface area (TPSA) is 103 Å². The average molecular weight is 439 g/mol. The lowest BCUT2D eigenvalue weighted by molar-refractivity contribution is -0.133. The van der Waals surface area contributed by atoms with E-state index in [-0.39, 0.29) is 23.6 Å². The standard InChI is InChI=1S/C23H30N6O3/c1-15-10-18-4-5-19-13-28(7-8-29(19)22(18)24-11-15)21(30)6-9-32-14-16(2)26-20-12-25-27-23(31)17(20)3/h4-5,10-12,16,19H,6-9,13-14H2,1-3H3,(H2,26,27,31)/t16-,19+/m0/s1. The van der Waals surface area contributed by atoms with E-state index in [1.54, 1.807) is 13.1 Å². The number of ether oxygens (including phenoxy) is 1. The number of carbonyl (C=O) groups is 1. The second-order valence-electron chi connectivity index (χ2n) is 8.49. The molecular weight excluding hydrogens is 408 g/mol. The highest BCUT2D eigenvalue weighted by Crippen LogP contribution is 2.29. The van der Waals surface area contributed by atoms with Crippen molar-refractivity contribution in [1.29, 1.82) is 0 Å². The van der Waals surface area contributed by atoms with Crippen LogP contribution in [0.25, 0.3) is 6.08 Å². The molecule has 170 valence electrons. The molecule has 2 aliphatic rings. The van der Waals surface area contributed by atoms with Crippen molar-refractivity contribution in [3.8, 4) is 0 Å². The third-order valence-electron chi connectivity index (χ3n) is 5.91. The van der Waals surface area contributed by atoms with Crippen LogP contribution in [0, 0.1) is 13.8 Å². The number of nitrogens with one attached hydrogen (secondary N) is 2. The Morgan fingerprint density at radius 3 is 3.03 bits per heavy atom. The molecule has 0 unspecified atom stereocenters. The van der Waals surface area contributed by atoms with Gasteiger partial charge in [0.05, 0.1) is 37.6 Å². The number of anilines is 2. The number of hydrogen-bond donors (Lipinski definition) is 2. The first-order valence-corrected chi connectivity index (χ1v) is 11.0. The second-order valence-corrected chi connectivity index (χ2v) is 8.49. The number of nitrogens with zero attached hydrogens (tertiary/aromatic N) is 4. The Morgan fingerprint density at radius 2 is 2.19 bits per heavy atom. The van der Waals surface area contributed by atoms with Gasteiger partial charge in [-0.15, -0.1) is 0 Å². The molecule has 0 bridgehead atoms. The van der Waals surface area contributed by atoms with Crippen LogP contribution in [0.15, 0.2) is 29.3 Å². The van der Waals surface area contributed by atoms with Crippen molar-refractivity contribution in [3.63, 3.8) is 0 Å². The van der Waals surface area contributed by atoms with E-state index >= 15 is 0 Å². The number of aryl methyl sites for hydroxylation is 1. The molecule has 2 aromatic rings. The Labute approximate surface area is 187 Å². The number of pyridine rings is 1. The van der Waals surface area contributed by atoms with Gasteiger partial charge in [0, 0.05) is 43.0 Å². The van der Waals surface area contributed by atoms with E-state index in [1.807, 2.05) is 24.9 Å². The Hall–Kier alpha value is -3.20. The Bertz CT molecular complexity index is 1070. The summed E-state index contributed by atoms with van der Waals surface area (Å²) in [6.45, 7) is 8.67. The van der Waals surface area contributed by atoms with Gasteiger partial charge in [0.1, 0.15) is 5.82 Å². The summed E-state index contributed by atoms with van der Waals surface area (Å²) in [7, 11) is 0. The maximum atomic E-state index is 12.7. The van der Waals surface area contributed by atoms with Gasteiger partial charge in [-0.05, 0) is 32.4 Å². The largest absolute Gasteiger partial charge is 0.379 e. The van der Waals surface area contributed by atoms with Crippen molar-refractivity contribution in [2.75, 3.05) is 43.1 Å². The molecular formula is C23H30N6O3. The molecule has 32 heavy (non-hydrogen) atoms. The summed E-state index contributed by atoms with van der Waals surface area (Å²) in [6.07, 6.45) is 8.11. The van der Waals surface area contributed by atoms with Gasteiger partial charge in [-0.1, -0.05) is 12.2 Å². The molecule has 1 fully saturated rings. The molecule has 0 saturated carbocycles. The van der Waals surface area contributed by atoms with Gasteiger partial charge in [0.2, 0.25) is 5.91 Å². The molecule has 0 aliphatic carbocycles. The lowest BCUT2D eigenvalue weighted by Crippen LogP contribution is -2.55. The van der Waals surface area contributed by atoms with E-state index in [0.717, 1.165) is 23.5 Å². The van der Waals surface area contributed by atoms with Gasteiger partial charge in [-0.25, -0.2) is 10.1 Å². The summed E-state index contributed by atoms with van der Waals surface area (Å²) < 4.78 is 5.71. The number of piperazine rings is 1. The van der Waals surface area contributed by atoms with Gasteiger partial charge in [-0.3, -0.25) is 9.59 Å². The normalized spacial score (nSPS) is 18.2. The maximum Gasteiger partial charge on any atom is 0.269 e. The van der Waals surface area contributed by atoms with E-state index in [1.165, 1.54) is 0 Å². The minimum absolute atomic E-state index is 0.0143. The summed E-state index contributed by atoms with van der Waals surface area (Å²) >= 11 is 0. The molecule has 0 radical (unpaired) electrons. The summed E-state index contributed by atoms with van der Waals surface area (Å²) in [4.78, 5) is 33.1. The molecule has 2 N–H and O–H groups in total. The summed E-state index contributed by atoms with van der Waals surface area (Å²) in [5.41, 5.74) is 3.35. The molecule has 0 spiro atoms. The molecule has 2 atom stereocenters. The Morgan fingerprint density at radius 1 is 1.34 bits per heavy atom. The highest BCUT2D eigenvalue weighted by molar-refractivity contribution is 5.77. The molecule has 9 nitrogen and oxygen atoms in total. The number of amides is 1. The molecule has 4 heterocycles. The highest BCUT2D eigenvalue weighted by atomic mass is 16.5. The molecule has 4 rings (SSSR count). The van der Waals surface area contributed by atoms with Crippen LogP contribution < -0.4 is 15.8 Å². The van der Waals surface area contributed by atoms with E-state index in [9.17, 15) is 9.59 Å². The fourth-order valence-electron chi connectivity index (χ4n) is 4.11. The van der Waals surface area contributed by atoms with E-state index in [2.05, 4.69) is 43.6 Å². The second kappa shape index (κ2) is 9.52. The van der Waals surface area contributed by atoms with Crippen LogP contribution in [0.1, 0.15) is 30.0 Å². The third kappa shape index (κ3) is 4.83. The lowest BCUT2D eigenvalue weighted by Gasteiger charge is -2.43. The molecule has 2 aromatic heterocycles. The number of aromatic nitrogens is 3. The molecule has 9 heteroatoms. The zero-order chi connectivity index (χ0) is 22.7. The van der Waals surface area contributed by atoms with Crippen LogP contribution >= 0.6 is 0 Å². The van der Waals surface area contributed by atoms with Crippen molar-refractivity contribution >= 4 is 23.5 Å². The van der Waals surface area contributed by atoms with Crippen molar-refractivity contribution in [1.82, 2.24) is 20.1 Å². The van der Waals surface area contributed by atoms with E-state index in [4.69, 9.17) is 4.74 Å². The first-order valence-electron chi connectivity index (χ1n) is 11.0. The molecule has 2 aliphatic heterocycles. The average Bonchev–Trinajstić information content (AvgIpc) is 2.79. The zero-order valence-electron chi connectivity index (χ0n) is 18.8. The number of rotatable bonds is 7. The van der Waals surface area contributed by atoms with Crippen molar-refractivity contribution < 1.29 is 9.53 Å². The fourth-order valence-corrected chi connectivity index (χ4v) is 4.11. The number of hydrogen-bond acceptors (Lipinski definition) is 7. The lowest BCUT2D eigenvalue weighted by atomic mass is 10.0. The molecule has 1 saturated heterocycles. The van der Waals surface area contributed by atoms with E-state index in [0.29, 0.717) is 44.0 Å². The van der Waals surface area contributed by atoms with Crippen molar-refractivity contribution in [2.24, 2.45) is 0 Å². The van der Waals surface area contributed by atoms with Crippen molar-refractivity contribution in [3.05, 3.63) is 51.6 Å². The number of H-pyrrole nitrogens is 1. The summed E-state index contributed by atoms with van der Waals surface area (Å²) in [5.74, 6) is 1.11. The van der Waals surface area contributed by atoms with Crippen LogP contribution in [0.5, 0.6) is 0 Å². The first-order chi connectivity index (χ1) is 15.4. The molecule has 1 amide bonds. The predicted octanol–water partition coefficient (Wildman–Crippen LogP) is 1.73. The quantitative estimate of drug-likeness (QED) is 0.635. The fraction of sp³-hybridized carbons (Fsp3) is 0.478. The minimum atomic E-state index is -0.212. The predicted molar refractivity (Wildman–Crippen MR) is 124 cm³/mol. The van der Waals surface area contributed by atoms with Gasteiger partial charge in [-0.2, -0.15) is 5.10 Å². The monoisotopic (exact) mass is 438 g/mol. The van der Waals surface area contributed by atoms with Crippen LogP contribution in [0.2, 0.25) is 0 Å². The van der Waals surface area contributed by atoms with Gasteiger partial charge < -0.3 is 19.9 Å². The Kier molecular flexibility index (Phi) is 6.55. The van der Waals surface area contributed by atoms with E-state index < -0.39 is 0 Å². The zero-order valence-corrected chi connectivity index (χ0v) is 18.8. The number of carbonyl (C=O) groups excluding carboxylic acids is 1. The SMILES string of the molecule is Cc1cnc2c(c1)C=C[C@@H]1CN(C(=O)CCOC[C@H](C)Nc3cn[nH]c(=O)c3C)CCN21.